The second-order valence-electron chi connectivity index (χ2n) is 3.78. The highest BCUT2D eigenvalue weighted by molar-refractivity contribution is 5.13. The summed E-state index contributed by atoms with van der Waals surface area (Å²) in [6.07, 6.45) is 8.81. The van der Waals surface area contributed by atoms with Gasteiger partial charge in [-0.2, -0.15) is 0 Å². The highest BCUT2D eigenvalue weighted by atomic mass is 16.3. The first kappa shape index (κ1) is 9.53. The molecule has 1 N–H and O–H groups in total. The lowest BCUT2D eigenvalue weighted by molar-refractivity contribution is 0.0651. The van der Waals surface area contributed by atoms with Gasteiger partial charge in [0.25, 0.3) is 0 Å². The van der Waals surface area contributed by atoms with Gasteiger partial charge in [0, 0.05) is 0 Å². The molecule has 1 unspecified atom stereocenters. The summed E-state index contributed by atoms with van der Waals surface area (Å²) in [5.41, 5.74) is 0.795. The molecule has 1 heteroatoms. The zero-order valence-corrected chi connectivity index (χ0v) is 7.84. The highest BCUT2D eigenvalue weighted by Gasteiger charge is 2.25. The van der Waals surface area contributed by atoms with Crippen molar-refractivity contribution in [3.63, 3.8) is 0 Å². The maximum Gasteiger partial charge on any atom is 0.0833 e. The van der Waals surface area contributed by atoms with Crippen molar-refractivity contribution in [2.24, 2.45) is 0 Å². The fourth-order valence-electron chi connectivity index (χ4n) is 1.83. The Morgan fingerprint density at radius 1 is 1.75 bits per heavy atom. The molecule has 1 aliphatic rings. The largest absolute Gasteiger partial charge is 0.386 e. The minimum Gasteiger partial charge on any atom is -0.386 e. The van der Waals surface area contributed by atoms with Crippen LogP contribution in [0.25, 0.3) is 0 Å². The van der Waals surface area contributed by atoms with Gasteiger partial charge in [0.05, 0.1) is 5.60 Å². The third-order valence-corrected chi connectivity index (χ3v) is 2.48. The summed E-state index contributed by atoms with van der Waals surface area (Å²) in [4.78, 5) is 0. The number of hydrogen-bond acceptors (Lipinski definition) is 1. The second kappa shape index (κ2) is 3.90. The molecule has 0 amide bonds. The Labute approximate surface area is 74.8 Å². The summed E-state index contributed by atoms with van der Waals surface area (Å²) >= 11 is 0. The molecule has 1 aliphatic carbocycles. The van der Waals surface area contributed by atoms with Gasteiger partial charge in [0.15, 0.2) is 0 Å². The van der Waals surface area contributed by atoms with Gasteiger partial charge in [-0.05, 0) is 39.0 Å². The van der Waals surface area contributed by atoms with Crippen LogP contribution in [-0.2, 0) is 0 Å². The van der Waals surface area contributed by atoms with Crippen molar-refractivity contribution < 1.29 is 5.11 Å². The normalized spacial score (nSPS) is 29.7. The van der Waals surface area contributed by atoms with Crippen molar-refractivity contribution in [2.75, 3.05) is 0 Å². The van der Waals surface area contributed by atoms with Crippen molar-refractivity contribution >= 4 is 0 Å². The van der Waals surface area contributed by atoms with Crippen LogP contribution in [0.3, 0.4) is 0 Å². The summed E-state index contributed by atoms with van der Waals surface area (Å²) in [6, 6.07) is 0. The maximum absolute atomic E-state index is 10.0. The molecule has 12 heavy (non-hydrogen) atoms. The number of rotatable bonds is 3. The van der Waals surface area contributed by atoms with E-state index in [-0.39, 0.29) is 0 Å². The van der Waals surface area contributed by atoms with E-state index in [4.69, 9.17) is 0 Å². The minimum atomic E-state index is -0.531. The number of aliphatic hydroxyl groups is 1. The molecule has 0 aromatic rings. The first-order valence-electron chi connectivity index (χ1n) is 4.68. The van der Waals surface area contributed by atoms with Crippen LogP contribution in [0.5, 0.6) is 0 Å². The lowest BCUT2D eigenvalue weighted by Gasteiger charge is -2.29. The first-order valence-corrected chi connectivity index (χ1v) is 4.68. The van der Waals surface area contributed by atoms with Crippen molar-refractivity contribution in [3.05, 3.63) is 24.3 Å². The second-order valence-corrected chi connectivity index (χ2v) is 3.78. The van der Waals surface area contributed by atoms with Crippen molar-refractivity contribution in [2.45, 2.75) is 44.6 Å². The van der Waals surface area contributed by atoms with Gasteiger partial charge >= 0.3 is 0 Å². The molecule has 0 saturated heterocycles. The average Bonchev–Trinajstić information content (AvgIpc) is 2.01. The zero-order valence-electron chi connectivity index (χ0n) is 7.84. The van der Waals surface area contributed by atoms with E-state index in [0.29, 0.717) is 0 Å². The van der Waals surface area contributed by atoms with E-state index in [1.165, 1.54) is 5.57 Å². The third-order valence-electron chi connectivity index (χ3n) is 2.48. The number of allylic oxidation sites excluding steroid dienone is 2. The molecule has 0 spiro atoms. The zero-order chi connectivity index (χ0) is 9.03. The van der Waals surface area contributed by atoms with Crippen molar-refractivity contribution in [3.8, 4) is 0 Å². The van der Waals surface area contributed by atoms with E-state index in [2.05, 4.69) is 13.5 Å². The van der Waals surface area contributed by atoms with Gasteiger partial charge in [-0.1, -0.05) is 17.7 Å². The van der Waals surface area contributed by atoms with E-state index in [1.807, 2.05) is 12.2 Å². The monoisotopic (exact) mass is 166 g/mol. The first-order chi connectivity index (χ1) is 5.66. The van der Waals surface area contributed by atoms with E-state index in [9.17, 15) is 5.11 Å². The highest BCUT2D eigenvalue weighted by Crippen LogP contribution is 2.29. The molecule has 68 valence electrons. The molecule has 0 aromatic heterocycles. The fraction of sp³-hybridized carbons (Fsp3) is 0.636. The lowest BCUT2D eigenvalue weighted by Crippen LogP contribution is -2.28. The molecule has 1 rings (SSSR count). The Kier molecular flexibility index (Phi) is 3.10. The van der Waals surface area contributed by atoms with E-state index in [0.717, 1.165) is 32.1 Å². The Bertz CT molecular complexity index is 193. The Morgan fingerprint density at radius 3 is 3.08 bits per heavy atom. The molecule has 0 radical (unpaired) electrons. The molecule has 0 aromatic carbocycles. The molecule has 0 heterocycles. The molecule has 0 saturated carbocycles. The van der Waals surface area contributed by atoms with E-state index in [1.54, 1.807) is 0 Å². The fourth-order valence-corrected chi connectivity index (χ4v) is 1.83. The quantitative estimate of drug-likeness (QED) is 0.639. The summed E-state index contributed by atoms with van der Waals surface area (Å²) in [6.45, 7) is 5.76. The van der Waals surface area contributed by atoms with Crippen LogP contribution in [-0.4, -0.2) is 10.7 Å². The standard InChI is InChI=1S/C11H18O/c1-3-4-7-11(12)8-5-6-10(2)9-11/h3,9,12H,1,4-8H2,2H3. The number of hydrogen-bond donors (Lipinski definition) is 1. The van der Waals surface area contributed by atoms with Crippen LogP contribution in [0.4, 0.5) is 0 Å². The van der Waals surface area contributed by atoms with Gasteiger partial charge in [-0.3, -0.25) is 0 Å². The van der Waals surface area contributed by atoms with Gasteiger partial charge in [0.2, 0.25) is 0 Å². The third kappa shape index (κ3) is 2.49. The maximum atomic E-state index is 10.0. The van der Waals surface area contributed by atoms with Gasteiger partial charge < -0.3 is 5.11 Å². The molecular weight excluding hydrogens is 148 g/mol. The van der Waals surface area contributed by atoms with Gasteiger partial charge in [0.1, 0.15) is 0 Å². The predicted molar refractivity (Wildman–Crippen MR) is 52.0 cm³/mol. The van der Waals surface area contributed by atoms with Crippen LogP contribution >= 0.6 is 0 Å². The summed E-state index contributed by atoms with van der Waals surface area (Å²) in [5, 5.41) is 10.0. The SMILES string of the molecule is C=CCCC1(O)C=C(C)CCC1. The van der Waals surface area contributed by atoms with Crippen LogP contribution in [0.15, 0.2) is 24.3 Å². The predicted octanol–water partition coefficient (Wildman–Crippen LogP) is 2.81. The van der Waals surface area contributed by atoms with Crippen LogP contribution in [0.1, 0.15) is 39.0 Å². The molecule has 0 aliphatic heterocycles. The van der Waals surface area contributed by atoms with Gasteiger partial charge in [-0.25, -0.2) is 0 Å². The van der Waals surface area contributed by atoms with Crippen molar-refractivity contribution in [1.82, 2.24) is 0 Å². The molecule has 1 nitrogen and oxygen atoms in total. The van der Waals surface area contributed by atoms with E-state index >= 15 is 0 Å². The van der Waals surface area contributed by atoms with Gasteiger partial charge in [-0.15, -0.1) is 6.58 Å². The molecular formula is C11H18O. The Balaban J connectivity index is 2.56. The van der Waals surface area contributed by atoms with Crippen LogP contribution in [0.2, 0.25) is 0 Å². The van der Waals surface area contributed by atoms with Crippen molar-refractivity contribution in [1.29, 1.82) is 0 Å². The summed E-state index contributed by atoms with van der Waals surface area (Å²) < 4.78 is 0. The van der Waals surface area contributed by atoms with E-state index < -0.39 is 5.60 Å². The average molecular weight is 166 g/mol. The molecule has 0 bridgehead atoms. The topological polar surface area (TPSA) is 20.2 Å². The summed E-state index contributed by atoms with van der Waals surface area (Å²) in [7, 11) is 0. The molecule has 1 atom stereocenters. The van der Waals surface area contributed by atoms with Crippen LogP contribution < -0.4 is 0 Å². The lowest BCUT2D eigenvalue weighted by atomic mass is 9.84. The Morgan fingerprint density at radius 2 is 2.50 bits per heavy atom. The molecule has 0 fully saturated rings. The minimum absolute atomic E-state index is 0.531. The van der Waals surface area contributed by atoms with Crippen LogP contribution in [0, 0.1) is 0 Å². The smallest absolute Gasteiger partial charge is 0.0833 e. The summed E-state index contributed by atoms with van der Waals surface area (Å²) in [5.74, 6) is 0. The Hall–Kier alpha value is -0.560.